The molecule has 7 heteroatoms. The number of aromatic amines is 1. The number of benzene rings is 2. The Morgan fingerprint density at radius 3 is 2.74 bits per heavy atom. The Morgan fingerprint density at radius 1 is 1.26 bits per heavy atom. The van der Waals surface area contributed by atoms with Gasteiger partial charge in [0.15, 0.2) is 0 Å². The minimum absolute atomic E-state index is 0.205. The van der Waals surface area contributed by atoms with Gasteiger partial charge in [0.25, 0.3) is 5.56 Å². The third-order valence-electron chi connectivity index (χ3n) is 4.41. The first-order chi connectivity index (χ1) is 13.0. The zero-order chi connectivity index (χ0) is 19.4. The van der Waals surface area contributed by atoms with Crippen molar-refractivity contribution in [3.8, 4) is 6.07 Å². The molecule has 27 heavy (non-hydrogen) atoms. The summed E-state index contributed by atoms with van der Waals surface area (Å²) < 4.78 is 0. The summed E-state index contributed by atoms with van der Waals surface area (Å²) in [4.78, 5) is 33.7. The van der Waals surface area contributed by atoms with Crippen LogP contribution in [0.2, 0.25) is 0 Å². The average molecular weight is 361 g/mol. The summed E-state index contributed by atoms with van der Waals surface area (Å²) in [5.74, 6) is 0.238. The van der Waals surface area contributed by atoms with Crippen LogP contribution in [0.15, 0.2) is 53.3 Å². The van der Waals surface area contributed by atoms with E-state index >= 15 is 0 Å². The molecular formula is C20H19N5O2. The van der Waals surface area contributed by atoms with Crippen molar-refractivity contribution >= 4 is 22.5 Å². The van der Waals surface area contributed by atoms with Crippen LogP contribution < -0.4 is 10.9 Å². The summed E-state index contributed by atoms with van der Waals surface area (Å²) in [6.45, 7) is 2.05. The van der Waals surface area contributed by atoms with Crippen LogP contribution in [0.1, 0.15) is 18.3 Å². The van der Waals surface area contributed by atoms with Crippen LogP contribution in [0.3, 0.4) is 0 Å². The van der Waals surface area contributed by atoms with Crippen molar-refractivity contribution in [1.82, 2.24) is 14.9 Å². The molecule has 2 N–H and O–H groups in total. The average Bonchev–Trinajstić information content (AvgIpc) is 2.67. The molecule has 3 aromatic rings. The second kappa shape index (κ2) is 7.81. The number of H-pyrrole nitrogens is 1. The molecule has 0 aliphatic carbocycles. The van der Waals surface area contributed by atoms with Crippen LogP contribution in [0.5, 0.6) is 0 Å². The SMILES string of the molecule is C[C@@H](C(=O)Nc1ccccc1C#N)N(C)Cc1nc2ccccc2c(=O)[nH]1. The van der Waals surface area contributed by atoms with Gasteiger partial charge in [-0.1, -0.05) is 24.3 Å². The fourth-order valence-electron chi connectivity index (χ4n) is 2.71. The monoisotopic (exact) mass is 361 g/mol. The smallest absolute Gasteiger partial charge is 0.258 e. The predicted octanol–water partition coefficient (Wildman–Crippen LogP) is 2.25. The maximum atomic E-state index is 12.5. The Morgan fingerprint density at radius 2 is 1.96 bits per heavy atom. The van der Waals surface area contributed by atoms with Crippen LogP contribution in [-0.4, -0.2) is 33.9 Å². The van der Waals surface area contributed by atoms with Crippen molar-refractivity contribution in [3.63, 3.8) is 0 Å². The molecule has 0 aliphatic heterocycles. The molecule has 0 spiro atoms. The van der Waals surface area contributed by atoms with Crippen LogP contribution >= 0.6 is 0 Å². The van der Waals surface area contributed by atoms with E-state index in [2.05, 4.69) is 21.4 Å². The number of nitrogens with zero attached hydrogens (tertiary/aromatic N) is 3. The lowest BCUT2D eigenvalue weighted by Gasteiger charge is -2.23. The molecule has 1 atom stereocenters. The van der Waals surface area contributed by atoms with E-state index in [1.807, 2.05) is 6.07 Å². The number of para-hydroxylation sites is 2. The van der Waals surface area contributed by atoms with E-state index < -0.39 is 6.04 Å². The van der Waals surface area contributed by atoms with E-state index in [0.717, 1.165) is 0 Å². The van der Waals surface area contributed by atoms with Crippen molar-refractivity contribution in [2.75, 3.05) is 12.4 Å². The number of hydrogen-bond acceptors (Lipinski definition) is 5. The molecule has 1 heterocycles. The third-order valence-corrected chi connectivity index (χ3v) is 4.41. The number of hydrogen-bond donors (Lipinski definition) is 2. The van der Waals surface area contributed by atoms with E-state index in [-0.39, 0.29) is 11.5 Å². The van der Waals surface area contributed by atoms with Gasteiger partial charge < -0.3 is 10.3 Å². The maximum Gasteiger partial charge on any atom is 0.258 e. The standard InChI is InChI=1S/C20H19N5O2/c1-13(19(26)23-16-9-5-3-7-14(16)11-21)25(2)12-18-22-17-10-6-4-8-15(17)20(27)24-18/h3-10,13H,12H2,1-2H3,(H,23,26)(H,22,24,27)/t13-/m0/s1. The second-order valence-corrected chi connectivity index (χ2v) is 6.27. The number of aromatic nitrogens is 2. The van der Waals surface area contributed by atoms with Crippen molar-refractivity contribution in [3.05, 3.63) is 70.3 Å². The van der Waals surface area contributed by atoms with Crippen LogP contribution in [0, 0.1) is 11.3 Å². The zero-order valence-electron chi connectivity index (χ0n) is 15.1. The highest BCUT2D eigenvalue weighted by Gasteiger charge is 2.20. The summed E-state index contributed by atoms with van der Waals surface area (Å²) in [5, 5.41) is 12.4. The van der Waals surface area contributed by atoms with Crippen LogP contribution in [0.4, 0.5) is 5.69 Å². The molecule has 0 fully saturated rings. The minimum Gasteiger partial charge on any atom is -0.324 e. The Kier molecular flexibility index (Phi) is 5.29. The number of carbonyl (C=O) groups excluding carboxylic acids is 1. The minimum atomic E-state index is -0.492. The molecule has 1 amide bonds. The topological polar surface area (TPSA) is 102 Å². The number of rotatable bonds is 5. The molecule has 0 radical (unpaired) electrons. The second-order valence-electron chi connectivity index (χ2n) is 6.27. The number of nitriles is 1. The van der Waals surface area contributed by atoms with Gasteiger partial charge in [-0.2, -0.15) is 5.26 Å². The Labute approximate surface area is 156 Å². The molecule has 0 aliphatic rings. The first kappa shape index (κ1) is 18.3. The Bertz CT molecular complexity index is 1080. The summed E-state index contributed by atoms with van der Waals surface area (Å²) in [6.07, 6.45) is 0. The zero-order valence-corrected chi connectivity index (χ0v) is 15.1. The molecule has 0 saturated carbocycles. The van der Waals surface area contributed by atoms with Gasteiger partial charge in [0.2, 0.25) is 5.91 Å². The summed E-state index contributed by atoms with van der Waals surface area (Å²) >= 11 is 0. The quantitative estimate of drug-likeness (QED) is 0.726. The van der Waals surface area contributed by atoms with Gasteiger partial charge in [-0.25, -0.2) is 4.98 Å². The predicted molar refractivity (Wildman–Crippen MR) is 103 cm³/mol. The molecule has 0 unspecified atom stereocenters. The fourth-order valence-corrected chi connectivity index (χ4v) is 2.71. The fraction of sp³-hybridized carbons (Fsp3) is 0.200. The number of carbonyl (C=O) groups is 1. The lowest BCUT2D eigenvalue weighted by Crippen LogP contribution is -2.39. The molecule has 7 nitrogen and oxygen atoms in total. The van der Waals surface area contributed by atoms with Gasteiger partial charge >= 0.3 is 0 Å². The normalized spacial score (nSPS) is 11.9. The van der Waals surface area contributed by atoms with E-state index in [9.17, 15) is 9.59 Å². The third kappa shape index (κ3) is 4.02. The first-order valence-corrected chi connectivity index (χ1v) is 8.47. The van der Waals surface area contributed by atoms with Crippen LogP contribution in [-0.2, 0) is 11.3 Å². The molecule has 0 saturated heterocycles. The molecule has 136 valence electrons. The van der Waals surface area contributed by atoms with E-state index in [1.54, 1.807) is 61.3 Å². The van der Waals surface area contributed by atoms with Crippen molar-refractivity contribution in [2.24, 2.45) is 0 Å². The number of amides is 1. The molecular weight excluding hydrogens is 342 g/mol. The molecule has 3 rings (SSSR count). The van der Waals surface area contributed by atoms with Gasteiger partial charge in [-0.15, -0.1) is 0 Å². The first-order valence-electron chi connectivity index (χ1n) is 8.47. The number of anilines is 1. The van der Waals surface area contributed by atoms with Crippen molar-refractivity contribution in [2.45, 2.75) is 19.5 Å². The van der Waals surface area contributed by atoms with Gasteiger partial charge in [-0.3, -0.25) is 14.5 Å². The number of nitrogens with one attached hydrogen (secondary N) is 2. The lowest BCUT2D eigenvalue weighted by molar-refractivity contribution is -0.120. The lowest BCUT2D eigenvalue weighted by atomic mass is 10.2. The molecule has 0 bridgehead atoms. The summed E-state index contributed by atoms with van der Waals surface area (Å²) in [5.41, 5.74) is 1.29. The van der Waals surface area contributed by atoms with Gasteiger partial charge in [0, 0.05) is 0 Å². The van der Waals surface area contributed by atoms with Gasteiger partial charge in [-0.05, 0) is 38.2 Å². The summed E-state index contributed by atoms with van der Waals surface area (Å²) in [6, 6.07) is 15.5. The summed E-state index contributed by atoms with van der Waals surface area (Å²) in [7, 11) is 1.77. The maximum absolute atomic E-state index is 12.5. The van der Waals surface area contributed by atoms with E-state index in [0.29, 0.717) is 34.5 Å². The van der Waals surface area contributed by atoms with Crippen LogP contribution in [0.25, 0.3) is 10.9 Å². The highest BCUT2D eigenvalue weighted by molar-refractivity contribution is 5.95. The van der Waals surface area contributed by atoms with Crippen molar-refractivity contribution in [1.29, 1.82) is 5.26 Å². The molecule has 2 aromatic carbocycles. The largest absolute Gasteiger partial charge is 0.324 e. The highest BCUT2D eigenvalue weighted by Crippen LogP contribution is 2.15. The van der Waals surface area contributed by atoms with E-state index in [4.69, 9.17) is 5.26 Å². The van der Waals surface area contributed by atoms with E-state index in [1.165, 1.54) is 0 Å². The Hall–Kier alpha value is -3.50. The number of fused-ring (bicyclic) bond motifs is 1. The highest BCUT2D eigenvalue weighted by atomic mass is 16.2. The molecule has 1 aromatic heterocycles. The number of likely N-dealkylation sites (N-methyl/N-ethyl adjacent to an activating group) is 1. The van der Waals surface area contributed by atoms with Gasteiger partial charge in [0.1, 0.15) is 11.9 Å². The Balaban J connectivity index is 1.74. The van der Waals surface area contributed by atoms with Gasteiger partial charge in [0.05, 0.1) is 34.7 Å². The van der Waals surface area contributed by atoms with Crippen molar-refractivity contribution < 1.29 is 4.79 Å².